The molecule has 1 fully saturated rings. The Morgan fingerprint density at radius 2 is 1.59 bits per heavy atom. The highest BCUT2D eigenvalue weighted by atomic mass is 16.6. The summed E-state index contributed by atoms with van der Waals surface area (Å²) in [5.41, 5.74) is 4.47. The number of carboxylic acids is 1. The normalized spacial score (nSPS) is 15.9. The van der Waals surface area contributed by atoms with Crippen LogP contribution in [0.1, 0.15) is 56.1 Å². The summed E-state index contributed by atoms with van der Waals surface area (Å²) in [7, 11) is 0. The second-order valence-corrected chi connectivity index (χ2v) is 9.00. The first kappa shape index (κ1) is 23.8. The Morgan fingerprint density at radius 1 is 1.00 bits per heavy atom. The van der Waals surface area contributed by atoms with Crippen LogP contribution in [0.3, 0.4) is 0 Å². The maximum absolute atomic E-state index is 13.3. The van der Waals surface area contributed by atoms with Crippen molar-refractivity contribution in [1.29, 1.82) is 0 Å². The maximum Gasteiger partial charge on any atom is 0.410 e. The van der Waals surface area contributed by atoms with Crippen LogP contribution in [0.15, 0.2) is 48.5 Å². The molecule has 1 saturated heterocycles. The highest BCUT2D eigenvalue weighted by Crippen LogP contribution is 2.44. The smallest absolute Gasteiger partial charge is 0.410 e. The minimum absolute atomic E-state index is 0.101. The first-order chi connectivity index (χ1) is 16.5. The number of likely N-dealkylation sites (tertiary alicyclic amines) is 1. The van der Waals surface area contributed by atoms with Crippen LogP contribution in [0.5, 0.6) is 0 Å². The summed E-state index contributed by atoms with van der Waals surface area (Å²) in [4.78, 5) is 41.1. The molecule has 4 rings (SSSR count). The van der Waals surface area contributed by atoms with Crippen molar-refractivity contribution in [3.05, 3.63) is 59.7 Å². The quantitative estimate of drug-likeness (QED) is 0.621. The third-order valence-corrected chi connectivity index (χ3v) is 6.73. The minimum Gasteiger partial charge on any atom is -0.481 e. The Morgan fingerprint density at radius 3 is 2.15 bits per heavy atom. The zero-order chi connectivity index (χ0) is 24.1. The van der Waals surface area contributed by atoms with Crippen LogP contribution in [0.2, 0.25) is 0 Å². The number of carboxylic acid groups (broad SMARTS) is 1. The third-order valence-electron chi connectivity index (χ3n) is 6.73. The summed E-state index contributed by atoms with van der Waals surface area (Å²) >= 11 is 0. The van der Waals surface area contributed by atoms with E-state index in [0.717, 1.165) is 41.5 Å². The Hall–Kier alpha value is -3.35. The monoisotopic (exact) mass is 464 g/mol. The molecular weight excluding hydrogens is 432 g/mol. The van der Waals surface area contributed by atoms with Gasteiger partial charge in [-0.2, -0.15) is 0 Å². The van der Waals surface area contributed by atoms with E-state index in [9.17, 15) is 19.5 Å². The molecule has 2 aromatic carbocycles. The van der Waals surface area contributed by atoms with Gasteiger partial charge < -0.3 is 14.7 Å². The molecule has 1 atom stereocenters. The van der Waals surface area contributed by atoms with Gasteiger partial charge in [-0.25, -0.2) is 4.79 Å². The summed E-state index contributed by atoms with van der Waals surface area (Å²) in [6, 6.07) is 15.1. The second kappa shape index (κ2) is 10.7. The van der Waals surface area contributed by atoms with Crippen molar-refractivity contribution in [3.63, 3.8) is 0 Å². The molecule has 0 aromatic heterocycles. The number of ether oxygens (including phenoxy) is 1. The molecule has 1 heterocycles. The highest BCUT2D eigenvalue weighted by Gasteiger charge is 2.36. The molecule has 0 saturated carbocycles. The van der Waals surface area contributed by atoms with Gasteiger partial charge in [0.2, 0.25) is 5.91 Å². The molecule has 1 aliphatic heterocycles. The first-order valence-electron chi connectivity index (χ1n) is 12.1. The average molecular weight is 465 g/mol. The van der Waals surface area contributed by atoms with E-state index in [-0.39, 0.29) is 25.0 Å². The maximum atomic E-state index is 13.3. The van der Waals surface area contributed by atoms with E-state index < -0.39 is 24.5 Å². The van der Waals surface area contributed by atoms with Gasteiger partial charge in [0.1, 0.15) is 12.6 Å². The number of fused-ring (bicyclic) bond motifs is 3. The van der Waals surface area contributed by atoms with E-state index in [1.54, 1.807) is 4.90 Å². The lowest BCUT2D eigenvalue weighted by molar-refractivity contribution is -0.145. The molecule has 0 spiro atoms. The van der Waals surface area contributed by atoms with Gasteiger partial charge in [-0.05, 0) is 47.9 Å². The summed E-state index contributed by atoms with van der Waals surface area (Å²) in [6.45, 7) is 3.48. The van der Waals surface area contributed by atoms with Crippen LogP contribution < -0.4 is 0 Å². The van der Waals surface area contributed by atoms with E-state index in [1.807, 2.05) is 43.3 Å². The van der Waals surface area contributed by atoms with Gasteiger partial charge in [-0.1, -0.05) is 55.5 Å². The number of carbonyl (C=O) groups excluding carboxylic acids is 2. The topological polar surface area (TPSA) is 87.1 Å². The number of aliphatic carboxylic acids is 1. The van der Waals surface area contributed by atoms with Crippen LogP contribution in [0.4, 0.5) is 4.79 Å². The molecule has 1 aliphatic carbocycles. The van der Waals surface area contributed by atoms with Crippen molar-refractivity contribution in [2.45, 2.75) is 51.0 Å². The van der Waals surface area contributed by atoms with Gasteiger partial charge in [-0.15, -0.1) is 0 Å². The van der Waals surface area contributed by atoms with Crippen molar-refractivity contribution in [2.75, 3.05) is 26.2 Å². The fourth-order valence-corrected chi connectivity index (χ4v) is 5.11. The lowest BCUT2D eigenvalue weighted by Gasteiger charge is -2.35. The number of piperidine rings is 1. The molecule has 7 heteroatoms. The van der Waals surface area contributed by atoms with Crippen LogP contribution in [0.25, 0.3) is 11.1 Å². The SMILES string of the molecule is CCCN(C(=O)OCC1c2ccccc2-c2ccccc21)[C@@H](CC(=O)O)C(=O)N1CCCCC1. The second-order valence-electron chi connectivity index (χ2n) is 9.00. The zero-order valence-corrected chi connectivity index (χ0v) is 19.6. The molecule has 7 nitrogen and oxygen atoms in total. The van der Waals surface area contributed by atoms with E-state index in [0.29, 0.717) is 19.5 Å². The van der Waals surface area contributed by atoms with Crippen molar-refractivity contribution < 1.29 is 24.2 Å². The molecule has 1 N–H and O–H groups in total. The fourth-order valence-electron chi connectivity index (χ4n) is 5.11. The predicted molar refractivity (Wildman–Crippen MR) is 129 cm³/mol. The van der Waals surface area contributed by atoms with Gasteiger partial charge in [0, 0.05) is 25.6 Å². The minimum atomic E-state index is -1.11. The molecule has 2 aromatic rings. The number of hydrogen-bond acceptors (Lipinski definition) is 4. The molecular formula is C27H32N2O5. The van der Waals surface area contributed by atoms with Crippen molar-refractivity contribution >= 4 is 18.0 Å². The van der Waals surface area contributed by atoms with E-state index in [4.69, 9.17) is 4.74 Å². The summed E-state index contributed by atoms with van der Waals surface area (Å²) in [5, 5.41) is 9.50. The van der Waals surface area contributed by atoms with Crippen LogP contribution in [-0.4, -0.2) is 65.2 Å². The lowest BCUT2D eigenvalue weighted by Crippen LogP contribution is -2.53. The van der Waals surface area contributed by atoms with Gasteiger partial charge in [0.25, 0.3) is 0 Å². The summed E-state index contributed by atoms with van der Waals surface area (Å²) in [6.07, 6.45) is 2.36. The van der Waals surface area contributed by atoms with Gasteiger partial charge in [-0.3, -0.25) is 14.5 Å². The highest BCUT2D eigenvalue weighted by molar-refractivity contribution is 5.89. The van der Waals surface area contributed by atoms with E-state index in [1.165, 1.54) is 4.90 Å². The number of nitrogens with zero attached hydrogens (tertiary/aromatic N) is 2. The largest absolute Gasteiger partial charge is 0.481 e. The Balaban J connectivity index is 1.53. The zero-order valence-electron chi connectivity index (χ0n) is 19.6. The summed E-state index contributed by atoms with van der Waals surface area (Å²) in [5.74, 6) is -1.51. The van der Waals surface area contributed by atoms with Gasteiger partial charge >= 0.3 is 12.1 Å². The van der Waals surface area contributed by atoms with Crippen LogP contribution >= 0.6 is 0 Å². The number of rotatable bonds is 8. The average Bonchev–Trinajstić information content (AvgIpc) is 3.18. The summed E-state index contributed by atoms with van der Waals surface area (Å²) < 4.78 is 5.78. The van der Waals surface area contributed by atoms with E-state index in [2.05, 4.69) is 12.1 Å². The Labute approximate surface area is 200 Å². The lowest BCUT2D eigenvalue weighted by atomic mass is 9.98. The van der Waals surface area contributed by atoms with Crippen molar-refractivity contribution in [2.24, 2.45) is 0 Å². The standard InChI is InChI=1S/C27H32N2O5/c1-2-14-29(24(17-25(30)31)26(32)28-15-8-3-9-16-28)27(33)34-18-23-21-12-6-4-10-19(21)20-11-5-7-13-22(20)23/h4-7,10-13,23-24H,2-3,8-9,14-18H2,1H3,(H,30,31)/t24-/m0/s1. The molecule has 0 unspecified atom stereocenters. The first-order valence-corrected chi connectivity index (χ1v) is 12.1. The van der Waals surface area contributed by atoms with E-state index >= 15 is 0 Å². The van der Waals surface area contributed by atoms with Crippen molar-refractivity contribution in [3.8, 4) is 11.1 Å². The number of carbonyl (C=O) groups is 3. The molecule has 2 amide bonds. The van der Waals surface area contributed by atoms with Crippen LogP contribution in [0, 0.1) is 0 Å². The number of amides is 2. The molecule has 0 bridgehead atoms. The van der Waals surface area contributed by atoms with Gasteiger partial charge in [0.05, 0.1) is 6.42 Å². The Kier molecular flexibility index (Phi) is 7.50. The number of benzene rings is 2. The molecule has 34 heavy (non-hydrogen) atoms. The van der Waals surface area contributed by atoms with Crippen LogP contribution in [-0.2, 0) is 14.3 Å². The molecule has 0 radical (unpaired) electrons. The molecule has 2 aliphatic rings. The fraction of sp³-hybridized carbons (Fsp3) is 0.444. The number of hydrogen-bond donors (Lipinski definition) is 1. The van der Waals surface area contributed by atoms with Gasteiger partial charge in [0.15, 0.2) is 0 Å². The third kappa shape index (κ3) is 4.93. The predicted octanol–water partition coefficient (Wildman–Crippen LogP) is 4.50. The Bertz CT molecular complexity index is 1000. The molecule has 180 valence electrons. The van der Waals surface area contributed by atoms with Crippen molar-refractivity contribution in [1.82, 2.24) is 9.80 Å².